The molecule has 0 bridgehead atoms. The summed E-state index contributed by atoms with van der Waals surface area (Å²) >= 11 is 0. The minimum absolute atomic E-state index is 0.513. The first-order valence-corrected chi connectivity index (χ1v) is 2.97. The first kappa shape index (κ1) is 5.61. The monoisotopic (exact) mass is 107 g/mol. The molecule has 0 saturated heterocycles. The van der Waals surface area contributed by atoms with Crippen molar-refractivity contribution in [2.75, 3.05) is 0 Å². The third-order valence-electron chi connectivity index (χ3n) is 1.37. The number of rotatable bonds is 0. The van der Waals surface area contributed by atoms with Crippen molar-refractivity contribution in [3.05, 3.63) is 30.7 Å². The average Bonchev–Trinajstić information content (AvgIpc) is 1.77. The molecule has 0 aliphatic heterocycles. The van der Waals surface area contributed by atoms with E-state index in [2.05, 4.69) is 32.1 Å². The highest BCUT2D eigenvalue weighted by molar-refractivity contribution is 5.21. The standard InChI is InChI=1S/C8H11/c1-7-3-5-8(2)6-4-7/h3,5-7H,1,4H2,2H3/q-1. The van der Waals surface area contributed by atoms with Crippen LogP contribution in [-0.4, -0.2) is 0 Å². The van der Waals surface area contributed by atoms with E-state index in [4.69, 9.17) is 0 Å². The summed E-state index contributed by atoms with van der Waals surface area (Å²) in [6, 6.07) is 0. The van der Waals surface area contributed by atoms with Crippen LogP contribution in [-0.2, 0) is 0 Å². The number of hydrogen-bond acceptors (Lipinski definition) is 0. The van der Waals surface area contributed by atoms with Gasteiger partial charge in [0.25, 0.3) is 0 Å². The maximum absolute atomic E-state index is 3.90. The van der Waals surface area contributed by atoms with Gasteiger partial charge in [-0.05, 0) is 6.92 Å². The maximum atomic E-state index is 3.90. The summed E-state index contributed by atoms with van der Waals surface area (Å²) in [5, 5.41) is 0. The lowest BCUT2D eigenvalue weighted by Gasteiger charge is -2.13. The highest BCUT2D eigenvalue weighted by Gasteiger charge is 1.92. The van der Waals surface area contributed by atoms with Crippen molar-refractivity contribution in [2.24, 2.45) is 5.92 Å². The van der Waals surface area contributed by atoms with Gasteiger partial charge in [0, 0.05) is 0 Å². The third-order valence-corrected chi connectivity index (χ3v) is 1.37. The van der Waals surface area contributed by atoms with Gasteiger partial charge in [-0.3, -0.25) is 0 Å². The lowest BCUT2D eigenvalue weighted by atomic mass is 10.00. The lowest BCUT2D eigenvalue weighted by Crippen LogP contribution is -1.91. The summed E-state index contributed by atoms with van der Waals surface area (Å²) in [6.45, 7) is 6.01. The van der Waals surface area contributed by atoms with Gasteiger partial charge in [-0.1, -0.05) is 24.1 Å². The second-order valence-electron chi connectivity index (χ2n) is 2.30. The molecule has 0 aromatic carbocycles. The molecule has 0 N–H and O–H groups in total. The zero-order valence-electron chi connectivity index (χ0n) is 5.22. The molecule has 0 saturated carbocycles. The van der Waals surface area contributed by atoms with Crippen LogP contribution in [0.1, 0.15) is 13.3 Å². The first-order valence-electron chi connectivity index (χ1n) is 2.97. The van der Waals surface area contributed by atoms with Crippen LogP contribution in [0.4, 0.5) is 0 Å². The SMILES string of the molecule is [CH2-]C1C=CC(C)=CC1. The molecule has 0 aromatic heterocycles. The van der Waals surface area contributed by atoms with E-state index < -0.39 is 0 Å². The number of hydrogen-bond donors (Lipinski definition) is 0. The Morgan fingerprint density at radius 1 is 1.75 bits per heavy atom. The van der Waals surface area contributed by atoms with Gasteiger partial charge >= 0.3 is 0 Å². The summed E-state index contributed by atoms with van der Waals surface area (Å²) in [5.41, 5.74) is 1.37. The molecule has 1 aliphatic carbocycles. The highest BCUT2D eigenvalue weighted by atomic mass is 14.0. The predicted molar refractivity (Wildman–Crippen MR) is 36.4 cm³/mol. The Hall–Kier alpha value is -0.520. The Bertz CT molecular complexity index is 129. The summed E-state index contributed by atoms with van der Waals surface area (Å²) in [7, 11) is 0. The Morgan fingerprint density at radius 3 is 2.88 bits per heavy atom. The van der Waals surface area contributed by atoms with Crippen molar-refractivity contribution in [1.29, 1.82) is 0 Å². The van der Waals surface area contributed by atoms with Crippen LogP contribution in [0.3, 0.4) is 0 Å². The molecule has 0 nitrogen and oxygen atoms in total. The molecule has 0 amide bonds. The van der Waals surface area contributed by atoms with Crippen LogP contribution in [0.15, 0.2) is 23.8 Å². The minimum atomic E-state index is 0.513. The molecule has 1 atom stereocenters. The van der Waals surface area contributed by atoms with Crippen LogP contribution in [0, 0.1) is 12.8 Å². The van der Waals surface area contributed by atoms with Gasteiger partial charge < -0.3 is 6.92 Å². The lowest BCUT2D eigenvalue weighted by molar-refractivity contribution is 0.810. The van der Waals surface area contributed by atoms with Crippen molar-refractivity contribution in [1.82, 2.24) is 0 Å². The van der Waals surface area contributed by atoms with Gasteiger partial charge in [0.05, 0.1) is 0 Å². The topological polar surface area (TPSA) is 0 Å². The zero-order chi connectivity index (χ0) is 5.98. The van der Waals surface area contributed by atoms with Gasteiger partial charge in [0.2, 0.25) is 0 Å². The second kappa shape index (κ2) is 2.17. The molecule has 0 radical (unpaired) electrons. The first-order chi connectivity index (χ1) is 3.79. The molecule has 0 heterocycles. The molecular weight excluding hydrogens is 96.1 g/mol. The van der Waals surface area contributed by atoms with Crippen molar-refractivity contribution in [2.45, 2.75) is 13.3 Å². The Labute approximate surface area is 50.9 Å². The fourth-order valence-corrected chi connectivity index (χ4v) is 0.772. The van der Waals surface area contributed by atoms with Crippen molar-refractivity contribution in [3.8, 4) is 0 Å². The van der Waals surface area contributed by atoms with E-state index in [0.717, 1.165) is 6.42 Å². The van der Waals surface area contributed by atoms with Crippen LogP contribution < -0.4 is 0 Å². The third kappa shape index (κ3) is 1.22. The van der Waals surface area contributed by atoms with E-state index in [-0.39, 0.29) is 0 Å². The van der Waals surface area contributed by atoms with Gasteiger partial charge in [0.15, 0.2) is 0 Å². The van der Waals surface area contributed by atoms with Crippen LogP contribution in [0.25, 0.3) is 0 Å². The molecule has 0 heteroatoms. The minimum Gasteiger partial charge on any atom is -0.336 e. The predicted octanol–water partition coefficient (Wildman–Crippen LogP) is 2.34. The molecule has 0 spiro atoms. The van der Waals surface area contributed by atoms with Gasteiger partial charge in [-0.15, -0.1) is 12.0 Å². The molecule has 1 rings (SSSR count). The average molecular weight is 107 g/mol. The van der Waals surface area contributed by atoms with Crippen molar-refractivity contribution < 1.29 is 0 Å². The summed E-state index contributed by atoms with van der Waals surface area (Å²) in [5.74, 6) is 0.513. The van der Waals surface area contributed by atoms with E-state index in [0.29, 0.717) is 5.92 Å². The fourth-order valence-electron chi connectivity index (χ4n) is 0.772. The molecule has 1 aliphatic rings. The van der Waals surface area contributed by atoms with E-state index >= 15 is 0 Å². The van der Waals surface area contributed by atoms with E-state index in [1.165, 1.54) is 5.57 Å². The summed E-state index contributed by atoms with van der Waals surface area (Å²) in [6.07, 6.45) is 7.61. The van der Waals surface area contributed by atoms with Gasteiger partial charge in [0.1, 0.15) is 0 Å². The molecule has 0 aromatic rings. The second-order valence-corrected chi connectivity index (χ2v) is 2.30. The highest BCUT2D eigenvalue weighted by Crippen LogP contribution is 2.13. The summed E-state index contributed by atoms with van der Waals surface area (Å²) in [4.78, 5) is 0. The fraction of sp³-hybridized carbons (Fsp3) is 0.375. The molecule has 8 heavy (non-hydrogen) atoms. The normalized spacial score (nSPS) is 27.8. The number of allylic oxidation sites excluding steroid dienone is 4. The van der Waals surface area contributed by atoms with Gasteiger partial charge in [-0.25, -0.2) is 0 Å². The van der Waals surface area contributed by atoms with Crippen molar-refractivity contribution >= 4 is 0 Å². The van der Waals surface area contributed by atoms with Crippen LogP contribution in [0.5, 0.6) is 0 Å². The largest absolute Gasteiger partial charge is 0.336 e. The Morgan fingerprint density at radius 2 is 2.50 bits per heavy atom. The smallest absolute Gasteiger partial charge is 0.0401 e. The molecule has 1 unspecified atom stereocenters. The van der Waals surface area contributed by atoms with E-state index in [1.54, 1.807) is 0 Å². The molecular formula is C8H11-. The Kier molecular flexibility index (Phi) is 1.52. The van der Waals surface area contributed by atoms with E-state index in [9.17, 15) is 0 Å². The van der Waals surface area contributed by atoms with Gasteiger partial charge in [-0.2, -0.15) is 0 Å². The molecule has 44 valence electrons. The zero-order valence-corrected chi connectivity index (χ0v) is 5.22. The van der Waals surface area contributed by atoms with Crippen LogP contribution in [0.2, 0.25) is 0 Å². The van der Waals surface area contributed by atoms with Crippen molar-refractivity contribution in [3.63, 3.8) is 0 Å². The summed E-state index contributed by atoms with van der Waals surface area (Å²) < 4.78 is 0. The Balaban J connectivity index is 2.58. The molecule has 0 fully saturated rings. The quantitative estimate of drug-likeness (QED) is 0.417. The van der Waals surface area contributed by atoms with E-state index in [1.807, 2.05) is 0 Å². The maximum Gasteiger partial charge on any atom is -0.0401 e. The van der Waals surface area contributed by atoms with Crippen LogP contribution >= 0.6 is 0 Å².